The summed E-state index contributed by atoms with van der Waals surface area (Å²) >= 11 is 0. The van der Waals surface area contributed by atoms with E-state index in [9.17, 15) is 4.79 Å². The molecule has 0 amide bonds. The molecule has 4 aromatic rings. The highest BCUT2D eigenvalue weighted by molar-refractivity contribution is 6.02. The van der Waals surface area contributed by atoms with Gasteiger partial charge in [-0.05, 0) is 11.1 Å². The molecule has 0 aliphatic heterocycles. The van der Waals surface area contributed by atoms with E-state index in [0.29, 0.717) is 11.1 Å². The average Bonchev–Trinajstić information content (AvgIpc) is 2.94. The molecule has 0 fully saturated rings. The molecule has 0 bridgehead atoms. The first-order chi connectivity index (χ1) is 17.3. The smallest absolute Gasteiger partial charge is 0.261 e. The van der Waals surface area contributed by atoms with E-state index in [1.54, 1.807) is 12.1 Å². The lowest BCUT2D eigenvalue weighted by Crippen LogP contribution is -2.42. The molecule has 0 atom stereocenters. The molecule has 174 valence electrons. The molecule has 3 heteroatoms. The van der Waals surface area contributed by atoms with Crippen molar-refractivity contribution in [3.63, 3.8) is 0 Å². The van der Waals surface area contributed by atoms with Crippen molar-refractivity contribution < 1.29 is 14.3 Å². The zero-order valence-corrected chi connectivity index (χ0v) is 19.5. The molecule has 3 nitrogen and oxygen atoms in total. The van der Waals surface area contributed by atoms with Gasteiger partial charge in [-0.25, -0.2) is 0 Å². The predicted molar refractivity (Wildman–Crippen MR) is 142 cm³/mol. The van der Waals surface area contributed by atoms with Crippen molar-refractivity contribution >= 4 is 17.9 Å². The normalized spacial score (nSPS) is 13.1. The van der Waals surface area contributed by atoms with E-state index >= 15 is 0 Å². The molecule has 0 radical (unpaired) electrons. The summed E-state index contributed by atoms with van der Waals surface area (Å²) in [6, 6.07) is 38.5. The van der Waals surface area contributed by atoms with Crippen LogP contribution in [0.2, 0.25) is 0 Å². The minimum Gasteiger partial charge on any atom is -0.335 e. The Hall–Kier alpha value is -4.05. The Morgan fingerprint density at radius 1 is 0.571 bits per heavy atom. The molecule has 0 aliphatic rings. The zero-order chi connectivity index (χ0) is 24.2. The SMILES string of the molecule is O=C(c1ccccc1)C(OCC=Cc1ccccc1)(OCC=Cc1ccccc1)c1ccccc1. The molecule has 0 saturated carbocycles. The molecule has 0 spiro atoms. The van der Waals surface area contributed by atoms with Crippen LogP contribution in [0.3, 0.4) is 0 Å². The number of ether oxygens (including phenoxy) is 2. The highest BCUT2D eigenvalue weighted by Crippen LogP contribution is 2.32. The minimum absolute atomic E-state index is 0.199. The Kier molecular flexibility index (Phi) is 8.55. The second-order valence-electron chi connectivity index (χ2n) is 7.93. The van der Waals surface area contributed by atoms with Crippen molar-refractivity contribution in [2.75, 3.05) is 13.2 Å². The Bertz CT molecular complexity index is 1180. The van der Waals surface area contributed by atoms with Crippen molar-refractivity contribution in [2.24, 2.45) is 0 Å². The molecular formula is C32H28O3. The Morgan fingerprint density at radius 2 is 0.971 bits per heavy atom. The van der Waals surface area contributed by atoms with E-state index in [2.05, 4.69) is 0 Å². The first-order valence-corrected chi connectivity index (χ1v) is 11.6. The Labute approximate surface area is 207 Å². The number of carbonyl (C=O) groups excluding carboxylic acids is 1. The highest BCUT2D eigenvalue weighted by atomic mass is 16.7. The van der Waals surface area contributed by atoms with Gasteiger partial charge in [0.15, 0.2) is 0 Å². The maximum atomic E-state index is 13.9. The fraction of sp³-hybridized carbons (Fsp3) is 0.0938. The van der Waals surface area contributed by atoms with Crippen LogP contribution >= 0.6 is 0 Å². The van der Waals surface area contributed by atoms with Gasteiger partial charge < -0.3 is 9.47 Å². The van der Waals surface area contributed by atoms with E-state index < -0.39 is 5.79 Å². The van der Waals surface area contributed by atoms with Crippen molar-refractivity contribution in [1.29, 1.82) is 0 Å². The van der Waals surface area contributed by atoms with Crippen LogP contribution in [-0.4, -0.2) is 19.0 Å². The number of Topliss-reactive ketones (excluding diaryl/α,β-unsaturated/α-hetero) is 1. The molecular weight excluding hydrogens is 432 g/mol. The van der Waals surface area contributed by atoms with E-state index in [-0.39, 0.29) is 19.0 Å². The first-order valence-electron chi connectivity index (χ1n) is 11.6. The van der Waals surface area contributed by atoms with E-state index in [0.717, 1.165) is 11.1 Å². The number of ketones is 1. The summed E-state index contributed by atoms with van der Waals surface area (Å²) in [5.74, 6) is -1.84. The molecule has 0 aliphatic carbocycles. The third-order valence-corrected chi connectivity index (χ3v) is 5.47. The molecule has 0 heterocycles. The number of rotatable bonds is 11. The molecule has 0 unspecified atom stereocenters. The van der Waals surface area contributed by atoms with E-state index in [4.69, 9.17) is 9.47 Å². The van der Waals surface area contributed by atoms with Crippen molar-refractivity contribution in [3.05, 3.63) is 156 Å². The maximum absolute atomic E-state index is 13.9. The van der Waals surface area contributed by atoms with Crippen LogP contribution in [0.5, 0.6) is 0 Å². The van der Waals surface area contributed by atoms with Crippen LogP contribution in [0, 0.1) is 0 Å². The lowest BCUT2D eigenvalue weighted by Gasteiger charge is -2.32. The zero-order valence-electron chi connectivity index (χ0n) is 19.5. The fourth-order valence-corrected chi connectivity index (χ4v) is 3.74. The second-order valence-corrected chi connectivity index (χ2v) is 7.93. The molecule has 0 N–H and O–H groups in total. The van der Waals surface area contributed by atoms with Crippen LogP contribution in [0.25, 0.3) is 12.2 Å². The molecule has 0 aromatic heterocycles. The maximum Gasteiger partial charge on any atom is 0.261 e. The quantitative estimate of drug-likeness (QED) is 0.176. The minimum atomic E-state index is -1.59. The summed E-state index contributed by atoms with van der Waals surface area (Å²) < 4.78 is 12.6. The highest BCUT2D eigenvalue weighted by Gasteiger charge is 2.43. The Morgan fingerprint density at radius 3 is 1.43 bits per heavy atom. The van der Waals surface area contributed by atoms with Gasteiger partial charge in [-0.3, -0.25) is 4.79 Å². The number of carbonyl (C=O) groups is 1. The third-order valence-electron chi connectivity index (χ3n) is 5.47. The summed E-state index contributed by atoms with van der Waals surface area (Å²) in [6.07, 6.45) is 7.74. The number of hydrogen-bond acceptors (Lipinski definition) is 3. The summed E-state index contributed by atoms with van der Waals surface area (Å²) in [5, 5.41) is 0. The third kappa shape index (κ3) is 6.51. The molecule has 35 heavy (non-hydrogen) atoms. The van der Waals surface area contributed by atoms with Gasteiger partial charge >= 0.3 is 0 Å². The van der Waals surface area contributed by atoms with Gasteiger partial charge in [0.1, 0.15) is 0 Å². The first kappa shape index (κ1) is 24.1. The van der Waals surface area contributed by atoms with Gasteiger partial charge in [-0.15, -0.1) is 0 Å². The van der Waals surface area contributed by atoms with Crippen LogP contribution < -0.4 is 0 Å². The van der Waals surface area contributed by atoms with Crippen molar-refractivity contribution in [2.45, 2.75) is 5.79 Å². The monoisotopic (exact) mass is 460 g/mol. The van der Waals surface area contributed by atoms with Gasteiger partial charge in [0.25, 0.3) is 5.79 Å². The fourth-order valence-electron chi connectivity index (χ4n) is 3.74. The topological polar surface area (TPSA) is 35.5 Å². The summed E-state index contributed by atoms with van der Waals surface area (Å²) in [4.78, 5) is 13.9. The summed E-state index contributed by atoms with van der Waals surface area (Å²) in [7, 11) is 0. The lowest BCUT2D eigenvalue weighted by atomic mass is 9.95. The largest absolute Gasteiger partial charge is 0.335 e. The van der Waals surface area contributed by atoms with Crippen molar-refractivity contribution in [3.8, 4) is 0 Å². The van der Waals surface area contributed by atoms with Gasteiger partial charge in [0.2, 0.25) is 5.78 Å². The van der Waals surface area contributed by atoms with Crippen molar-refractivity contribution in [1.82, 2.24) is 0 Å². The molecule has 4 aromatic carbocycles. The second kappa shape index (κ2) is 12.4. The van der Waals surface area contributed by atoms with E-state index in [1.165, 1.54) is 0 Å². The number of hydrogen-bond donors (Lipinski definition) is 0. The van der Waals surface area contributed by atoms with Crippen LogP contribution in [0.4, 0.5) is 0 Å². The van der Waals surface area contributed by atoms with Gasteiger partial charge in [-0.2, -0.15) is 0 Å². The van der Waals surface area contributed by atoms with Crippen LogP contribution in [0.15, 0.2) is 133 Å². The Balaban J connectivity index is 1.63. The van der Waals surface area contributed by atoms with Gasteiger partial charge in [-0.1, -0.05) is 146 Å². The lowest BCUT2D eigenvalue weighted by molar-refractivity contribution is -0.197. The van der Waals surface area contributed by atoms with Gasteiger partial charge in [0.05, 0.1) is 13.2 Å². The molecule has 4 rings (SSSR count). The molecule has 0 saturated heterocycles. The summed E-state index contributed by atoms with van der Waals surface area (Å²) in [5.41, 5.74) is 3.29. The average molecular weight is 461 g/mol. The summed E-state index contributed by atoms with van der Waals surface area (Å²) in [6.45, 7) is 0.398. The number of benzene rings is 4. The van der Waals surface area contributed by atoms with E-state index in [1.807, 2.05) is 133 Å². The van der Waals surface area contributed by atoms with Crippen LogP contribution in [0.1, 0.15) is 27.0 Å². The van der Waals surface area contributed by atoms with Gasteiger partial charge in [0, 0.05) is 11.1 Å². The standard InChI is InChI=1S/C32H28O3/c33-31(29-21-9-3-10-22-29)32(30-23-11-4-12-24-30,34-25-13-19-27-15-5-1-6-16-27)35-26-14-20-28-17-7-2-8-18-28/h1-24H,25-26H2. The van der Waals surface area contributed by atoms with Crippen LogP contribution in [-0.2, 0) is 15.3 Å². The predicted octanol–water partition coefficient (Wildman–Crippen LogP) is 7.18.